The van der Waals surface area contributed by atoms with Crippen LogP contribution in [0.25, 0.3) is 0 Å². The van der Waals surface area contributed by atoms with Crippen LogP contribution in [-0.4, -0.2) is 29.8 Å². The molecule has 3 heteroatoms. The zero-order valence-corrected chi connectivity index (χ0v) is 12.7. The Morgan fingerprint density at radius 1 is 1.35 bits per heavy atom. The van der Waals surface area contributed by atoms with Crippen LogP contribution in [0.1, 0.15) is 36.3 Å². The molecule has 0 bridgehead atoms. The normalized spacial score (nSPS) is 37.5. The molecule has 2 fully saturated rings. The highest BCUT2D eigenvalue weighted by atomic mass is 32.2. The smallest absolute Gasteiger partial charge is 0.0783 e. The number of thioether (sulfide) groups is 1. The second-order valence-electron chi connectivity index (χ2n) is 6.67. The number of ether oxygens (including phenoxy) is 1. The van der Waals surface area contributed by atoms with E-state index in [0.29, 0.717) is 17.9 Å². The summed E-state index contributed by atoms with van der Waals surface area (Å²) >= 11 is 2.04. The molecule has 2 saturated heterocycles. The molecule has 2 heterocycles. The van der Waals surface area contributed by atoms with Gasteiger partial charge in [0.25, 0.3) is 0 Å². The zero-order chi connectivity index (χ0) is 13.6. The molecular weight excluding hydrogens is 266 g/mol. The largest absolute Gasteiger partial charge is 0.374 e. The maximum Gasteiger partial charge on any atom is 0.0783 e. The third-order valence-corrected chi connectivity index (χ3v) is 6.72. The fourth-order valence-electron chi connectivity index (χ4n) is 4.23. The van der Waals surface area contributed by atoms with Gasteiger partial charge in [-0.25, -0.2) is 0 Å². The molecule has 4 atom stereocenters. The van der Waals surface area contributed by atoms with Crippen LogP contribution in [0.4, 0.5) is 0 Å². The summed E-state index contributed by atoms with van der Waals surface area (Å²) in [6, 6.07) is 9.12. The lowest BCUT2D eigenvalue weighted by atomic mass is 9.67. The van der Waals surface area contributed by atoms with Crippen LogP contribution >= 0.6 is 11.8 Å². The fraction of sp³-hybridized carbons (Fsp3) is 0.647. The minimum atomic E-state index is 0.161. The van der Waals surface area contributed by atoms with E-state index in [-0.39, 0.29) is 5.60 Å². The predicted molar refractivity (Wildman–Crippen MR) is 84.2 cm³/mol. The van der Waals surface area contributed by atoms with Gasteiger partial charge in [0, 0.05) is 24.3 Å². The molecule has 0 amide bonds. The topological polar surface area (TPSA) is 35.2 Å². The molecule has 4 rings (SSSR count). The van der Waals surface area contributed by atoms with Crippen molar-refractivity contribution in [1.29, 1.82) is 0 Å². The Balaban J connectivity index is 1.48. The first-order valence-corrected chi connectivity index (χ1v) is 8.98. The van der Waals surface area contributed by atoms with Gasteiger partial charge in [0.05, 0.1) is 5.60 Å². The minimum absolute atomic E-state index is 0.161. The highest BCUT2D eigenvalue weighted by Gasteiger charge is 2.44. The molecule has 2 nitrogen and oxygen atoms in total. The highest BCUT2D eigenvalue weighted by Crippen LogP contribution is 2.45. The van der Waals surface area contributed by atoms with Crippen molar-refractivity contribution in [3.8, 4) is 0 Å². The number of benzene rings is 1. The van der Waals surface area contributed by atoms with Crippen molar-refractivity contribution in [2.24, 2.45) is 11.7 Å². The molecule has 0 radical (unpaired) electrons. The summed E-state index contributed by atoms with van der Waals surface area (Å²) in [7, 11) is 0. The fourth-order valence-corrected chi connectivity index (χ4v) is 5.61. The third kappa shape index (κ3) is 2.11. The zero-order valence-electron chi connectivity index (χ0n) is 11.9. The lowest BCUT2D eigenvalue weighted by Gasteiger charge is -2.44. The van der Waals surface area contributed by atoms with Gasteiger partial charge in [-0.2, -0.15) is 11.8 Å². The van der Waals surface area contributed by atoms with Crippen molar-refractivity contribution < 1.29 is 4.74 Å². The van der Waals surface area contributed by atoms with Gasteiger partial charge >= 0.3 is 0 Å². The SMILES string of the molecule is NC(C1CCOC2(CCSC2)C1)C1Cc2ccccc21. The van der Waals surface area contributed by atoms with Crippen LogP contribution < -0.4 is 5.73 Å². The Bertz CT molecular complexity index is 498. The van der Waals surface area contributed by atoms with E-state index in [1.165, 1.54) is 41.9 Å². The van der Waals surface area contributed by atoms with Crippen LogP contribution in [0, 0.1) is 5.92 Å². The molecule has 1 aliphatic carbocycles. The van der Waals surface area contributed by atoms with Crippen LogP contribution in [-0.2, 0) is 11.2 Å². The summed E-state index contributed by atoms with van der Waals surface area (Å²) in [5, 5.41) is 0. The second-order valence-corrected chi connectivity index (χ2v) is 7.78. The van der Waals surface area contributed by atoms with Crippen molar-refractivity contribution in [3.05, 3.63) is 35.4 Å². The average molecular weight is 289 g/mol. The van der Waals surface area contributed by atoms with E-state index in [4.69, 9.17) is 10.5 Å². The van der Waals surface area contributed by atoms with Gasteiger partial charge in [0.1, 0.15) is 0 Å². The maximum atomic E-state index is 6.66. The summed E-state index contributed by atoms with van der Waals surface area (Å²) in [5.41, 5.74) is 9.83. The van der Waals surface area contributed by atoms with Crippen LogP contribution in [0.5, 0.6) is 0 Å². The predicted octanol–water partition coefficient (Wildman–Crippen LogP) is 2.96. The Labute approximate surface area is 125 Å². The van der Waals surface area contributed by atoms with Gasteiger partial charge in [-0.3, -0.25) is 0 Å². The van der Waals surface area contributed by atoms with E-state index in [0.717, 1.165) is 13.0 Å². The molecule has 1 aromatic rings. The highest BCUT2D eigenvalue weighted by molar-refractivity contribution is 7.99. The van der Waals surface area contributed by atoms with Crippen molar-refractivity contribution >= 4 is 11.8 Å². The van der Waals surface area contributed by atoms with Gasteiger partial charge in [0.15, 0.2) is 0 Å². The Hall–Kier alpha value is -0.510. The molecule has 108 valence electrons. The molecule has 0 saturated carbocycles. The third-order valence-electron chi connectivity index (χ3n) is 5.50. The first-order valence-electron chi connectivity index (χ1n) is 7.83. The summed E-state index contributed by atoms with van der Waals surface area (Å²) in [5.74, 6) is 3.66. The number of nitrogens with two attached hydrogens (primary N) is 1. The van der Waals surface area contributed by atoms with E-state index in [1.54, 1.807) is 0 Å². The number of hydrogen-bond acceptors (Lipinski definition) is 3. The maximum absolute atomic E-state index is 6.66. The lowest BCUT2D eigenvalue weighted by molar-refractivity contribution is -0.0847. The lowest BCUT2D eigenvalue weighted by Crippen LogP contribution is -2.49. The molecule has 3 aliphatic rings. The Kier molecular flexibility index (Phi) is 3.32. The number of hydrogen-bond donors (Lipinski definition) is 1. The molecule has 1 spiro atoms. The first kappa shape index (κ1) is 13.2. The summed E-state index contributed by atoms with van der Waals surface area (Å²) in [6.07, 6.45) is 4.73. The summed E-state index contributed by atoms with van der Waals surface area (Å²) in [4.78, 5) is 0. The number of rotatable bonds is 2. The summed E-state index contributed by atoms with van der Waals surface area (Å²) < 4.78 is 6.13. The average Bonchev–Trinajstić information content (AvgIpc) is 2.88. The van der Waals surface area contributed by atoms with E-state index in [1.807, 2.05) is 11.8 Å². The van der Waals surface area contributed by atoms with Gasteiger partial charge < -0.3 is 10.5 Å². The minimum Gasteiger partial charge on any atom is -0.374 e. The van der Waals surface area contributed by atoms with Gasteiger partial charge in [-0.05, 0) is 48.5 Å². The van der Waals surface area contributed by atoms with Crippen LogP contribution in [0.15, 0.2) is 24.3 Å². The van der Waals surface area contributed by atoms with Gasteiger partial charge in [0.2, 0.25) is 0 Å². The molecule has 1 aromatic carbocycles. The van der Waals surface area contributed by atoms with Crippen molar-refractivity contribution in [2.45, 2.75) is 43.2 Å². The van der Waals surface area contributed by atoms with E-state index >= 15 is 0 Å². The van der Waals surface area contributed by atoms with E-state index < -0.39 is 0 Å². The van der Waals surface area contributed by atoms with Crippen LogP contribution in [0.2, 0.25) is 0 Å². The van der Waals surface area contributed by atoms with Crippen molar-refractivity contribution in [2.75, 3.05) is 18.1 Å². The monoisotopic (exact) mass is 289 g/mol. The second kappa shape index (κ2) is 5.04. The number of fused-ring (bicyclic) bond motifs is 1. The Morgan fingerprint density at radius 3 is 3.05 bits per heavy atom. The van der Waals surface area contributed by atoms with E-state index in [2.05, 4.69) is 24.3 Å². The quantitative estimate of drug-likeness (QED) is 0.909. The van der Waals surface area contributed by atoms with Crippen molar-refractivity contribution in [3.63, 3.8) is 0 Å². The molecular formula is C17H23NOS. The van der Waals surface area contributed by atoms with E-state index in [9.17, 15) is 0 Å². The molecule has 20 heavy (non-hydrogen) atoms. The van der Waals surface area contributed by atoms with Crippen molar-refractivity contribution in [1.82, 2.24) is 0 Å². The van der Waals surface area contributed by atoms with Gasteiger partial charge in [-0.1, -0.05) is 24.3 Å². The standard InChI is InChI=1S/C17H23NOS/c18-16(15-9-12-3-1-2-4-14(12)15)13-5-7-19-17(10-13)6-8-20-11-17/h1-4,13,15-16H,5-11,18H2. The molecule has 4 unspecified atom stereocenters. The summed E-state index contributed by atoms with van der Waals surface area (Å²) in [6.45, 7) is 0.910. The van der Waals surface area contributed by atoms with Crippen LogP contribution in [0.3, 0.4) is 0 Å². The van der Waals surface area contributed by atoms with Gasteiger partial charge in [-0.15, -0.1) is 0 Å². The molecule has 2 aliphatic heterocycles. The molecule has 0 aromatic heterocycles. The Morgan fingerprint density at radius 2 is 2.25 bits per heavy atom. The first-order chi connectivity index (χ1) is 9.77. The molecule has 2 N–H and O–H groups in total.